The van der Waals surface area contributed by atoms with Crippen molar-refractivity contribution in [1.29, 1.82) is 0 Å². The molecule has 0 bridgehead atoms. The molecule has 2 aromatic rings. The van der Waals surface area contributed by atoms with E-state index in [9.17, 15) is 0 Å². The number of hydrogen-bond donors (Lipinski definition) is 1. The maximum Gasteiger partial charge on any atom is 0.239 e. The Kier molecular flexibility index (Phi) is 4.45. The van der Waals surface area contributed by atoms with Gasteiger partial charge in [0, 0.05) is 26.5 Å². The van der Waals surface area contributed by atoms with E-state index in [-0.39, 0.29) is 0 Å². The number of nitrogen functional groups attached to an aromatic ring is 1. The van der Waals surface area contributed by atoms with Crippen LogP contribution in [0.15, 0.2) is 24.5 Å². The second kappa shape index (κ2) is 6.27. The largest absolute Gasteiger partial charge is 0.476 e. The van der Waals surface area contributed by atoms with E-state index in [1.165, 1.54) is 0 Å². The first-order valence-corrected chi connectivity index (χ1v) is 6.68. The monoisotopic (exact) mass is 275 g/mol. The summed E-state index contributed by atoms with van der Waals surface area (Å²) in [6.45, 7) is 3.34. The summed E-state index contributed by atoms with van der Waals surface area (Å²) < 4.78 is 7.54. The van der Waals surface area contributed by atoms with Gasteiger partial charge in [0.15, 0.2) is 0 Å². The number of imidazole rings is 1. The average molecular weight is 275 g/mol. The van der Waals surface area contributed by atoms with Crippen LogP contribution < -0.4 is 15.4 Å². The molecule has 0 unspecified atom stereocenters. The Morgan fingerprint density at radius 1 is 1.40 bits per heavy atom. The highest BCUT2D eigenvalue weighted by Gasteiger charge is 2.10. The number of anilines is 2. The van der Waals surface area contributed by atoms with Crippen LogP contribution in [-0.4, -0.2) is 28.2 Å². The average Bonchev–Trinajstić information content (AvgIpc) is 2.83. The van der Waals surface area contributed by atoms with Crippen molar-refractivity contribution in [2.75, 3.05) is 24.3 Å². The lowest BCUT2D eigenvalue weighted by atomic mass is 10.3. The summed E-state index contributed by atoms with van der Waals surface area (Å²) in [4.78, 5) is 10.8. The van der Waals surface area contributed by atoms with Crippen LogP contribution in [0, 0.1) is 0 Å². The van der Waals surface area contributed by atoms with Gasteiger partial charge in [0.1, 0.15) is 11.6 Å². The van der Waals surface area contributed by atoms with Crippen molar-refractivity contribution in [3.63, 3.8) is 0 Å². The molecular weight excluding hydrogens is 254 g/mol. The smallest absolute Gasteiger partial charge is 0.239 e. The lowest BCUT2D eigenvalue weighted by Gasteiger charge is -2.19. The van der Waals surface area contributed by atoms with Gasteiger partial charge in [0.2, 0.25) is 5.88 Å². The van der Waals surface area contributed by atoms with Gasteiger partial charge in [-0.15, -0.1) is 0 Å². The molecule has 0 atom stereocenters. The minimum absolute atomic E-state index is 0.496. The van der Waals surface area contributed by atoms with Crippen molar-refractivity contribution in [3.05, 3.63) is 30.4 Å². The summed E-state index contributed by atoms with van der Waals surface area (Å²) in [7, 11) is 3.94. The number of hydrogen-bond acceptors (Lipinski definition) is 5. The summed E-state index contributed by atoms with van der Waals surface area (Å²) in [6.07, 6.45) is 4.64. The highest BCUT2D eigenvalue weighted by atomic mass is 16.5. The predicted octanol–water partition coefficient (Wildman–Crippen LogP) is 1.82. The molecule has 0 aromatic carbocycles. The third-order valence-corrected chi connectivity index (χ3v) is 3.01. The second-order valence-electron chi connectivity index (χ2n) is 4.72. The van der Waals surface area contributed by atoms with E-state index in [1.807, 2.05) is 48.8 Å². The van der Waals surface area contributed by atoms with Gasteiger partial charge in [-0.3, -0.25) is 0 Å². The zero-order valence-corrected chi connectivity index (χ0v) is 12.2. The lowest BCUT2D eigenvalue weighted by Crippen LogP contribution is -2.20. The fourth-order valence-corrected chi connectivity index (χ4v) is 1.81. The molecule has 0 radical (unpaired) electrons. The topological polar surface area (TPSA) is 69.2 Å². The quantitative estimate of drug-likeness (QED) is 0.871. The SMILES string of the molecule is CCCOc1nc(N(C)Cc2nccn2C)ccc1N. The number of rotatable bonds is 6. The van der Waals surface area contributed by atoms with Gasteiger partial charge in [-0.05, 0) is 18.6 Å². The predicted molar refractivity (Wildman–Crippen MR) is 79.8 cm³/mol. The van der Waals surface area contributed by atoms with Crippen molar-refractivity contribution in [1.82, 2.24) is 14.5 Å². The molecule has 2 rings (SSSR count). The zero-order chi connectivity index (χ0) is 14.5. The van der Waals surface area contributed by atoms with Crippen LogP contribution in [0.4, 0.5) is 11.5 Å². The van der Waals surface area contributed by atoms with Gasteiger partial charge in [-0.1, -0.05) is 6.92 Å². The minimum atomic E-state index is 0.496. The summed E-state index contributed by atoms with van der Waals surface area (Å²) in [5.41, 5.74) is 6.43. The van der Waals surface area contributed by atoms with Gasteiger partial charge < -0.3 is 19.9 Å². The summed E-state index contributed by atoms with van der Waals surface area (Å²) >= 11 is 0. The highest BCUT2D eigenvalue weighted by molar-refractivity contribution is 5.54. The van der Waals surface area contributed by atoms with E-state index in [4.69, 9.17) is 10.5 Å². The first-order chi connectivity index (χ1) is 9.61. The molecule has 6 nitrogen and oxygen atoms in total. The van der Waals surface area contributed by atoms with E-state index in [2.05, 4.69) is 9.97 Å². The Hall–Kier alpha value is -2.24. The molecule has 2 heterocycles. The van der Waals surface area contributed by atoms with Crippen molar-refractivity contribution in [3.8, 4) is 5.88 Å². The number of nitrogens with zero attached hydrogens (tertiary/aromatic N) is 4. The molecule has 20 heavy (non-hydrogen) atoms. The third-order valence-electron chi connectivity index (χ3n) is 3.01. The van der Waals surface area contributed by atoms with Gasteiger partial charge in [0.25, 0.3) is 0 Å². The molecule has 0 saturated heterocycles. The first kappa shape index (κ1) is 14.2. The van der Waals surface area contributed by atoms with Crippen LogP contribution in [-0.2, 0) is 13.6 Å². The number of nitrogens with two attached hydrogens (primary N) is 1. The van der Waals surface area contributed by atoms with Crippen molar-refractivity contribution >= 4 is 11.5 Å². The van der Waals surface area contributed by atoms with Crippen LogP contribution in [0.3, 0.4) is 0 Å². The van der Waals surface area contributed by atoms with E-state index in [0.717, 1.165) is 18.1 Å². The first-order valence-electron chi connectivity index (χ1n) is 6.68. The maximum absolute atomic E-state index is 5.87. The Bertz CT molecular complexity index is 566. The summed E-state index contributed by atoms with van der Waals surface area (Å²) in [5, 5.41) is 0. The molecule has 0 amide bonds. The van der Waals surface area contributed by atoms with Crippen LogP contribution in [0.1, 0.15) is 19.2 Å². The van der Waals surface area contributed by atoms with E-state index >= 15 is 0 Å². The van der Waals surface area contributed by atoms with Crippen LogP contribution in [0.5, 0.6) is 5.88 Å². The third kappa shape index (κ3) is 3.20. The van der Waals surface area contributed by atoms with Gasteiger partial charge >= 0.3 is 0 Å². The molecule has 0 spiro atoms. The van der Waals surface area contributed by atoms with E-state index in [0.29, 0.717) is 24.7 Å². The van der Waals surface area contributed by atoms with Crippen LogP contribution >= 0.6 is 0 Å². The van der Waals surface area contributed by atoms with Gasteiger partial charge in [-0.2, -0.15) is 4.98 Å². The van der Waals surface area contributed by atoms with Crippen LogP contribution in [0.2, 0.25) is 0 Å². The standard InChI is InChI=1S/C14H21N5O/c1-4-9-20-14-11(15)5-6-12(17-14)19(3)10-13-16-7-8-18(13)2/h5-8H,4,9-10,15H2,1-3H3. The second-order valence-corrected chi connectivity index (χ2v) is 4.72. The molecule has 2 aromatic heterocycles. The molecule has 108 valence electrons. The number of pyridine rings is 1. The molecule has 2 N–H and O–H groups in total. The fourth-order valence-electron chi connectivity index (χ4n) is 1.81. The highest BCUT2D eigenvalue weighted by Crippen LogP contribution is 2.23. The van der Waals surface area contributed by atoms with Gasteiger partial charge in [-0.25, -0.2) is 4.98 Å². The molecule has 6 heteroatoms. The minimum Gasteiger partial charge on any atom is -0.476 e. The van der Waals surface area contributed by atoms with Crippen LogP contribution in [0.25, 0.3) is 0 Å². The van der Waals surface area contributed by atoms with Crippen molar-refractivity contribution in [2.24, 2.45) is 7.05 Å². The van der Waals surface area contributed by atoms with Crippen molar-refractivity contribution < 1.29 is 4.74 Å². The maximum atomic E-state index is 5.87. The number of aromatic nitrogens is 3. The molecular formula is C14H21N5O. The number of aryl methyl sites for hydroxylation is 1. The molecule has 0 aliphatic carbocycles. The summed E-state index contributed by atoms with van der Waals surface area (Å²) in [6, 6.07) is 3.71. The molecule has 0 fully saturated rings. The Labute approximate surface area is 119 Å². The van der Waals surface area contributed by atoms with Crippen molar-refractivity contribution in [2.45, 2.75) is 19.9 Å². The van der Waals surface area contributed by atoms with Gasteiger partial charge in [0.05, 0.1) is 18.8 Å². The molecule has 0 aliphatic heterocycles. The van der Waals surface area contributed by atoms with E-state index < -0.39 is 0 Å². The number of ether oxygens (including phenoxy) is 1. The Morgan fingerprint density at radius 3 is 2.85 bits per heavy atom. The molecule has 0 aliphatic rings. The Balaban J connectivity index is 2.13. The summed E-state index contributed by atoms with van der Waals surface area (Å²) in [5.74, 6) is 2.28. The Morgan fingerprint density at radius 2 is 2.20 bits per heavy atom. The lowest BCUT2D eigenvalue weighted by molar-refractivity contribution is 0.307. The van der Waals surface area contributed by atoms with E-state index in [1.54, 1.807) is 6.20 Å². The zero-order valence-electron chi connectivity index (χ0n) is 12.2. The fraction of sp³-hybridized carbons (Fsp3) is 0.429. The molecule has 0 saturated carbocycles. The normalized spacial score (nSPS) is 10.6.